The summed E-state index contributed by atoms with van der Waals surface area (Å²) in [6.07, 6.45) is -0.101. The molecule has 0 aliphatic carbocycles. The number of likely N-dealkylation sites (N-methyl/N-ethyl adjacent to an activating group) is 1. The number of imide groups is 1. The molecule has 0 aromatic heterocycles. The Morgan fingerprint density at radius 1 is 1.22 bits per heavy atom. The lowest BCUT2D eigenvalue weighted by atomic mass is 10.2. The van der Waals surface area contributed by atoms with Gasteiger partial charge in [-0.1, -0.05) is 0 Å². The van der Waals surface area contributed by atoms with Crippen LogP contribution in [0.25, 0.3) is 0 Å². The highest BCUT2D eigenvalue weighted by Gasteiger charge is 2.36. The van der Waals surface area contributed by atoms with Gasteiger partial charge in [-0.25, -0.2) is 13.2 Å². The number of hydrogen-bond donors (Lipinski definition) is 1. The van der Waals surface area contributed by atoms with Gasteiger partial charge in [0.2, 0.25) is 5.91 Å². The smallest absolute Gasteiger partial charge is 0.251 e. The highest BCUT2D eigenvalue weighted by molar-refractivity contribution is 6.06. The van der Waals surface area contributed by atoms with E-state index in [-0.39, 0.29) is 18.0 Å². The average Bonchev–Trinajstić information content (AvgIpc) is 2.54. The average molecular weight is 258 g/mol. The molecule has 0 bridgehead atoms. The Balaban J connectivity index is 2.21. The Bertz CT molecular complexity index is 510. The van der Waals surface area contributed by atoms with E-state index >= 15 is 0 Å². The number of amides is 2. The van der Waals surface area contributed by atoms with Crippen LogP contribution >= 0.6 is 0 Å². The van der Waals surface area contributed by atoms with Gasteiger partial charge in [0.05, 0.1) is 6.42 Å². The molecule has 2 rings (SSSR count). The molecule has 96 valence electrons. The van der Waals surface area contributed by atoms with Crippen LogP contribution < -0.4 is 5.32 Å². The van der Waals surface area contributed by atoms with Gasteiger partial charge >= 0.3 is 0 Å². The first-order valence-electron chi connectivity index (χ1n) is 5.11. The molecule has 1 aromatic rings. The monoisotopic (exact) mass is 258 g/mol. The first-order chi connectivity index (χ1) is 8.40. The van der Waals surface area contributed by atoms with E-state index in [0.717, 1.165) is 17.0 Å². The van der Waals surface area contributed by atoms with Gasteiger partial charge in [-0.3, -0.25) is 14.5 Å². The lowest BCUT2D eigenvalue weighted by molar-refractivity contribution is -0.136. The molecule has 0 spiro atoms. The topological polar surface area (TPSA) is 49.4 Å². The van der Waals surface area contributed by atoms with Crippen LogP contribution in [0.15, 0.2) is 12.1 Å². The van der Waals surface area contributed by atoms with E-state index in [1.165, 1.54) is 7.05 Å². The normalized spacial score (nSPS) is 19.6. The molecule has 1 unspecified atom stereocenters. The molecule has 1 atom stereocenters. The number of nitrogens with one attached hydrogen (secondary N) is 1. The summed E-state index contributed by atoms with van der Waals surface area (Å²) in [5.41, 5.74) is -0.0900. The Hall–Kier alpha value is -2.05. The molecule has 1 N–H and O–H groups in total. The fourth-order valence-electron chi connectivity index (χ4n) is 1.71. The fourth-order valence-corrected chi connectivity index (χ4v) is 1.71. The van der Waals surface area contributed by atoms with Gasteiger partial charge in [-0.2, -0.15) is 0 Å². The van der Waals surface area contributed by atoms with Crippen molar-refractivity contribution in [2.45, 2.75) is 12.5 Å². The molecular formula is C11H9F3N2O2. The van der Waals surface area contributed by atoms with E-state index in [0.29, 0.717) is 0 Å². The number of hydrogen-bond acceptors (Lipinski definition) is 3. The highest BCUT2D eigenvalue weighted by Crippen LogP contribution is 2.21. The van der Waals surface area contributed by atoms with Crippen LogP contribution in [0, 0.1) is 17.5 Å². The first kappa shape index (κ1) is 12.4. The number of rotatable bonds is 2. The standard InChI is InChI=1S/C11H9F3N2O2/c1-16-9(17)4-8(11(16)18)15-5-2-6(12)10(14)7(13)3-5/h2-3,8,15H,4H2,1H3. The molecule has 1 aromatic carbocycles. The minimum Gasteiger partial charge on any atom is -0.373 e. The van der Waals surface area contributed by atoms with E-state index < -0.39 is 29.4 Å². The third-order valence-corrected chi connectivity index (χ3v) is 2.71. The number of carbonyl (C=O) groups excluding carboxylic acids is 2. The Morgan fingerprint density at radius 2 is 1.78 bits per heavy atom. The Labute approximate surface area is 100 Å². The second kappa shape index (κ2) is 4.32. The Kier molecular flexibility index (Phi) is 2.98. The van der Waals surface area contributed by atoms with Gasteiger partial charge in [-0.05, 0) is 0 Å². The third kappa shape index (κ3) is 2.03. The summed E-state index contributed by atoms with van der Waals surface area (Å²) in [4.78, 5) is 23.7. The summed E-state index contributed by atoms with van der Waals surface area (Å²) >= 11 is 0. The van der Waals surface area contributed by atoms with Gasteiger partial charge < -0.3 is 5.32 Å². The van der Waals surface area contributed by atoms with Crippen molar-refractivity contribution in [3.05, 3.63) is 29.6 Å². The molecule has 1 aliphatic heterocycles. The minimum atomic E-state index is -1.58. The molecule has 7 heteroatoms. The number of nitrogens with zero attached hydrogens (tertiary/aromatic N) is 1. The number of anilines is 1. The second-order valence-electron chi connectivity index (χ2n) is 3.95. The SMILES string of the molecule is CN1C(=O)CC(Nc2cc(F)c(F)c(F)c2)C1=O. The van der Waals surface area contributed by atoms with Gasteiger partial charge in [0, 0.05) is 24.9 Å². The zero-order valence-corrected chi connectivity index (χ0v) is 9.34. The summed E-state index contributed by atoms with van der Waals surface area (Å²) in [7, 11) is 1.32. The second-order valence-corrected chi connectivity index (χ2v) is 3.95. The number of likely N-dealkylation sites (tertiary alicyclic amines) is 1. The molecule has 1 fully saturated rings. The summed E-state index contributed by atoms with van der Waals surface area (Å²) in [5, 5.41) is 2.50. The van der Waals surface area contributed by atoms with Crippen molar-refractivity contribution in [1.29, 1.82) is 0 Å². The largest absolute Gasteiger partial charge is 0.373 e. The summed E-state index contributed by atoms with van der Waals surface area (Å²) in [5.74, 6) is -5.18. The van der Waals surface area contributed by atoms with Crippen molar-refractivity contribution in [3.8, 4) is 0 Å². The van der Waals surface area contributed by atoms with Crippen molar-refractivity contribution in [2.24, 2.45) is 0 Å². The van der Waals surface area contributed by atoms with Crippen LogP contribution in [-0.4, -0.2) is 29.8 Å². The zero-order valence-electron chi connectivity index (χ0n) is 9.34. The lowest BCUT2D eigenvalue weighted by Crippen LogP contribution is -2.31. The van der Waals surface area contributed by atoms with Crippen LogP contribution in [-0.2, 0) is 9.59 Å². The maximum atomic E-state index is 12.9. The van der Waals surface area contributed by atoms with Gasteiger partial charge in [0.15, 0.2) is 17.5 Å². The predicted molar refractivity (Wildman–Crippen MR) is 56.1 cm³/mol. The van der Waals surface area contributed by atoms with Crippen molar-refractivity contribution in [3.63, 3.8) is 0 Å². The van der Waals surface area contributed by atoms with Crippen molar-refractivity contribution in [1.82, 2.24) is 4.90 Å². The molecule has 4 nitrogen and oxygen atoms in total. The quantitative estimate of drug-likeness (QED) is 0.642. The van der Waals surface area contributed by atoms with Gasteiger partial charge in [0.1, 0.15) is 6.04 Å². The minimum absolute atomic E-state index is 0.0900. The lowest BCUT2D eigenvalue weighted by Gasteiger charge is -2.12. The molecule has 1 saturated heterocycles. The van der Waals surface area contributed by atoms with E-state index in [1.807, 2.05) is 0 Å². The maximum Gasteiger partial charge on any atom is 0.251 e. The van der Waals surface area contributed by atoms with Crippen molar-refractivity contribution < 1.29 is 22.8 Å². The first-order valence-corrected chi connectivity index (χ1v) is 5.11. The predicted octanol–water partition coefficient (Wildman–Crippen LogP) is 1.27. The van der Waals surface area contributed by atoms with E-state index in [9.17, 15) is 22.8 Å². The molecule has 1 heterocycles. The summed E-state index contributed by atoms with van der Waals surface area (Å²) in [6, 6.07) is 0.579. The van der Waals surface area contributed by atoms with E-state index in [1.54, 1.807) is 0 Å². The molecule has 2 amide bonds. The number of halogens is 3. The molecular weight excluding hydrogens is 249 g/mol. The molecule has 0 radical (unpaired) electrons. The van der Waals surface area contributed by atoms with Crippen LogP contribution in [0.3, 0.4) is 0 Å². The van der Waals surface area contributed by atoms with Crippen molar-refractivity contribution >= 4 is 17.5 Å². The van der Waals surface area contributed by atoms with Crippen LogP contribution in [0.2, 0.25) is 0 Å². The Morgan fingerprint density at radius 3 is 2.22 bits per heavy atom. The zero-order chi connectivity index (χ0) is 13.4. The summed E-state index contributed by atoms with van der Waals surface area (Å²) in [6.45, 7) is 0. The fraction of sp³-hybridized carbons (Fsp3) is 0.273. The van der Waals surface area contributed by atoms with Crippen LogP contribution in [0.1, 0.15) is 6.42 Å². The van der Waals surface area contributed by atoms with Gasteiger partial charge in [-0.15, -0.1) is 0 Å². The molecule has 0 saturated carbocycles. The molecule has 18 heavy (non-hydrogen) atoms. The number of benzene rings is 1. The summed E-state index contributed by atoms with van der Waals surface area (Å²) < 4.78 is 38.6. The number of carbonyl (C=O) groups is 2. The van der Waals surface area contributed by atoms with Crippen molar-refractivity contribution in [2.75, 3.05) is 12.4 Å². The van der Waals surface area contributed by atoms with E-state index in [4.69, 9.17) is 0 Å². The maximum absolute atomic E-state index is 12.9. The van der Waals surface area contributed by atoms with Crippen LogP contribution in [0.5, 0.6) is 0 Å². The molecule has 1 aliphatic rings. The van der Waals surface area contributed by atoms with Gasteiger partial charge in [0.25, 0.3) is 5.91 Å². The third-order valence-electron chi connectivity index (χ3n) is 2.71. The van der Waals surface area contributed by atoms with Crippen LogP contribution in [0.4, 0.5) is 18.9 Å². The van der Waals surface area contributed by atoms with E-state index in [2.05, 4.69) is 5.32 Å². The highest BCUT2D eigenvalue weighted by atomic mass is 19.2.